The number of nitrogens with zero attached hydrogens (tertiary/aromatic N) is 3. The summed E-state index contributed by atoms with van der Waals surface area (Å²) < 4.78 is 0. The highest BCUT2D eigenvalue weighted by atomic mass is 16.2. The third-order valence-electron chi connectivity index (χ3n) is 3.31. The lowest BCUT2D eigenvalue weighted by Gasteiger charge is -2.38. The van der Waals surface area contributed by atoms with Crippen LogP contribution in [0.3, 0.4) is 0 Å². The molecule has 1 unspecified atom stereocenters. The Hall–Kier alpha value is -1.46. The molecule has 2 rings (SSSR count). The zero-order valence-electron chi connectivity index (χ0n) is 11.0. The average Bonchev–Trinajstić information content (AvgIpc) is 2.39. The molecule has 1 aromatic rings. The Morgan fingerprint density at radius 2 is 2.28 bits per heavy atom. The van der Waals surface area contributed by atoms with Gasteiger partial charge in [-0.2, -0.15) is 0 Å². The number of nitrogens with one attached hydrogen (secondary N) is 1. The molecule has 0 saturated carbocycles. The zero-order chi connectivity index (χ0) is 13.0. The lowest BCUT2D eigenvalue weighted by molar-refractivity contribution is -0.140. The fraction of sp³-hybridized carbons (Fsp3) is 0.538. The molecule has 1 N–H and O–H groups in total. The number of carbonyl (C=O) groups is 1. The van der Waals surface area contributed by atoms with Crippen molar-refractivity contribution in [1.82, 2.24) is 20.1 Å². The molecular weight excluding hydrogens is 228 g/mol. The van der Waals surface area contributed by atoms with E-state index < -0.39 is 0 Å². The van der Waals surface area contributed by atoms with Crippen LogP contribution in [0.15, 0.2) is 24.4 Å². The van der Waals surface area contributed by atoms with E-state index in [0.717, 1.165) is 25.3 Å². The number of piperazine rings is 1. The van der Waals surface area contributed by atoms with Gasteiger partial charge in [0.1, 0.15) is 6.04 Å². The highest BCUT2D eigenvalue weighted by Crippen LogP contribution is 2.12. The molecule has 5 heteroatoms. The van der Waals surface area contributed by atoms with Crippen molar-refractivity contribution in [2.24, 2.45) is 0 Å². The van der Waals surface area contributed by atoms with Gasteiger partial charge in [0.25, 0.3) is 0 Å². The van der Waals surface area contributed by atoms with Crippen LogP contribution >= 0.6 is 0 Å². The first-order valence-electron chi connectivity index (χ1n) is 6.26. The molecule has 1 aliphatic heterocycles. The first-order chi connectivity index (χ1) is 8.72. The minimum atomic E-state index is -0.0873. The van der Waals surface area contributed by atoms with Gasteiger partial charge in [-0.15, -0.1) is 0 Å². The van der Waals surface area contributed by atoms with E-state index in [-0.39, 0.29) is 11.9 Å². The van der Waals surface area contributed by atoms with E-state index in [1.54, 1.807) is 11.1 Å². The summed E-state index contributed by atoms with van der Waals surface area (Å²) in [6.45, 7) is 3.08. The van der Waals surface area contributed by atoms with Gasteiger partial charge in [0, 0.05) is 39.4 Å². The van der Waals surface area contributed by atoms with Crippen LogP contribution in [-0.2, 0) is 11.3 Å². The van der Waals surface area contributed by atoms with Gasteiger partial charge in [0.2, 0.25) is 5.91 Å². The minimum Gasteiger partial charge on any atom is -0.343 e. The lowest BCUT2D eigenvalue weighted by atomic mass is 10.1. The Morgan fingerprint density at radius 1 is 1.44 bits per heavy atom. The summed E-state index contributed by atoms with van der Waals surface area (Å²) in [6, 6.07) is 5.80. The molecule has 0 aromatic carbocycles. The van der Waals surface area contributed by atoms with Crippen molar-refractivity contribution in [2.75, 3.05) is 33.7 Å². The third kappa shape index (κ3) is 2.86. The lowest BCUT2D eigenvalue weighted by Crippen LogP contribution is -2.58. The molecule has 1 fully saturated rings. The van der Waals surface area contributed by atoms with Crippen LogP contribution in [0, 0.1) is 0 Å². The number of amides is 1. The Morgan fingerprint density at radius 3 is 2.94 bits per heavy atom. The second-order valence-corrected chi connectivity index (χ2v) is 4.62. The molecular formula is C13H20N4O. The SMILES string of the molecule is CNCC1C(=O)N(C)CCN1Cc1ccccn1. The minimum absolute atomic E-state index is 0.0873. The molecule has 1 saturated heterocycles. The number of hydrogen-bond donors (Lipinski definition) is 1. The molecule has 18 heavy (non-hydrogen) atoms. The van der Waals surface area contributed by atoms with Crippen molar-refractivity contribution in [3.05, 3.63) is 30.1 Å². The van der Waals surface area contributed by atoms with E-state index in [4.69, 9.17) is 0 Å². The fourth-order valence-electron chi connectivity index (χ4n) is 2.25. The third-order valence-corrected chi connectivity index (χ3v) is 3.31. The van der Waals surface area contributed by atoms with Gasteiger partial charge in [0.05, 0.1) is 5.69 Å². The predicted octanol–water partition coefficient (Wildman–Crippen LogP) is -0.0564. The zero-order valence-corrected chi connectivity index (χ0v) is 11.0. The maximum atomic E-state index is 12.1. The monoisotopic (exact) mass is 248 g/mol. The molecule has 2 heterocycles. The van der Waals surface area contributed by atoms with Crippen LogP contribution in [0.25, 0.3) is 0 Å². The van der Waals surface area contributed by atoms with Crippen LogP contribution in [0.2, 0.25) is 0 Å². The topological polar surface area (TPSA) is 48.5 Å². The Balaban J connectivity index is 2.08. The maximum Gasteiger partial charge on any atom is 0.241 e. The number of pyridine rings is 1. The number of aromatic nitrogens is 1. The van der Waals surface area contributed by atoms with Crippen molar-refractivity contribution in [3.63, 3.8) is 0 Å². The van der Waals surface area contributed by atoms with Gasteiger partial charge in [-0.05, 0) is 19.2 Å². The Bertz CT molecular complexity index is 395. The summed E-state index contributed by atoms with van der Waals surface area (Å²) in [7, 11) is 3.74. The summed E-state index contributed by atoms with van der Waals surface area (Å²) in [5.41, 5.74) is 1.01. The normalized spacial score (nSPS) is 21.3. The number of hydrogen-bond acceptors (Lipinski definition) is 4. The fourth-order valence-corrected chi connectivity index (χ4v) is 2.25. The van der Waals surface area contributed by atoms with Crippen LogP contribution in [0.5, 0.6) is 0 Å². The van der Waals surface area contributed by atoms with Gasteiger partial charge in [-0.3, -0.25) is 14.7 Å². The van der Waals surface area contributed by atoms with Crippen molar-refractivity contribution in [1.29, 1.82) is 0 Å². The van der Waals surface area contributed by atoms with Crippen LogP contribution < -0.4 is 5.32 Å². The highest BCUT2D eigenvalue weighted by molar-refractivity contribution is 5.82. The average molecular weight is 248 g/mol. The smallest absolute Gasteiger partial charge is 0.241 e. The van der Waals surface area contributed by atoms with E-state index in [1.165, 1.54) is 0 Å². The summed E-state index contributed by atoms with van der Waals surface area (Å²) in [6.07, 6.45) is 1.79. The summed E-state index contributed by atoms with van der Waals surface area (Å²) >= 11 is 0. The molecule has 1 aliphatic rings. The standard InChI is InChI=1S/C13H20N4O/c1-14-9-12-13(18)16(2)7-8-17(12)10-11-5-3-4-6-15-11/h3-6,12,14H,7-10H2,1-2H3. The van der Waals surface area contributed by atoms with E-state index in [2.05, 4.69) is 15.2 Å². The highest BCUT2D eigenvalue weighted by Gasteiger charge is 2.32. The largest absolute Gasteiger partial charge is 0.343 e. The van der Waals surface area contributed by atoms with Crippen molar-refractivity contribution >= 4 is 5.91 Å². The number of likely N-dealkylation sites (N-methyl/N-ethyl adjacent to an activating group) is 2. The van der Waals surface area contributed by atoms with E-state index in [0.29, 0.717) is 6.54 Å². The summed E-state index contributed by atoms with van der Waals surface area (Å²) in [5, 5.41) is 3.09. The molecule has 0 aliphatic carbocycles. The molecule has 1 aromatic heterocycles. The summed E-state index contributed by atoms with van der Waals surface area (Å²) in [5.74, 6) is 0.187. The molecule has 0 spiro atoms. The molecule has 1 atom stereocenters. The van der Waals surface area contributed by atoms with E-state index in [9.17, 15) is 4.79 Å². The van der Waals surface area contributed by atoms with Crippen molar-refractivity contribution < 1.29 is 4.79 Å². The number of carbonyl (C=O) groups excluding carboxylic acids is 1. The Labute approximate surface area is 108 Å². The summed E-state index contributed by atoms with van der Waals surface area (Å²) in [4.78, 5) is 20.5. The molecule has 0 radical (unpaired) electrons. The van der Waals surface area contributed by atoms with Gasteiger partial charge in [-0.1, -0.05) is 6.07 Å². The van der Waals surface area contributed by atoms with E-state index >= 15 is 0 Å². The molecule has 1 amide bonds. The first-order valence-corrected chi connectivity index (χ1v) is 6.26. The van der Waals surface area contributed by atoms with Crippen LogP contribution in [-0.4, -0.2) is 60.5 Å². The van der Waals surface area contributed by atoms with Gasteiger partial charge in [-0.25, -0.2) is 0 Å². The predicted molar refractivity (Wildman–Crippen MR) is 70.0 cm³/mol. The van der Waals surface area contributed by atoms with Crippen LogP contribution in [0.1, 0.15) is 5.69 Å². The first kappa shape index (κ1) is 13.0. The van der Waals surface area contributed by atoms with Crippen molar-refractivity contribution in [3.8, 4) is 0 Å². The maximum absolute atomic E-state index is 12.1. The van der Waals surface area contributed by atoms with Crippen molar-refractivity contribution in [2.45, 2.75) is 12.6 Å². The second-order valence-electron chi connectivity index (χ2n) is 4.62. The molecule has 5 nitrogen and oxygen atoms in total. The molecule has 0 bridgehead atoms. The second kappa shape index (κ2) is 5.93. The molecule has 98 valence electrons. The van der Waals surface area contributed by atoms with Gasteiger partial charge >= 0.3 is 0 Å². The quantitative estimate of drug-likeness (QED) is 0.811. The Kier molecular flexibility index (Phi) is 4.28. The van der Waals surface area contributed by atoms with Gasteiger partial charge in [0.15, 0.2) is 0 Å². The van der Waals surface area contributed by atoms with Gasteiger partial charge < -0.3 is 10.2 Å². The van der Waals surface area contributed by atoms with E-state index in [1.807, 2.05) is 32.3 Å². The van der Waals surface area contributed by atoms with Crippen LogP contribution in [0.4, 0.5) is 0 Å². The number of rotatable bonds is 4.